The van der Waals surface area contributed by atoms with E-state index in [9.17, 15) is 19.2 Å². The maximum absolute atomic E-state index is 13.6. The van der Waals surface area contributed by atoms with Crippen molar-refractivity contribution >= 4 is 121 Å². The average Bonchev–Trinajstić information content (AvgIpc) is 0.845. The molecular weight excluding hydrogens is 1950 g/mol. The fourth-order valence-electron chi connectivity index (χ4n) is 27.9. The van der Waals surface area contributed by atoms with Gasteiger partial charge in [-0.2, -0.15) is 20.4 Å². The Morgan fingerprint density at radius 1 is 0.364 bits per heavy atom. The lowest BCUT2D eigenvalue weighted by Crippen LogP contribution is -2.54. The molecule has 8 bridgehead atoms. The summed E-state index contributed by atoms with van der Waals surface area (Å²) < 4.78 is 9.14. The number of carbonyl (C=O) groups excluding carboxylic acids is 4. The number of carbonyl (C=O) groups is 4. The number of halogens is 8. The molecule has 16 nitrogen and oxygen atoms in total. The van der Waals surface area contributed by atoms with E-state index >= 15 is 0 Å². The summed E-state index contributed by atoms with van der Waals surface area (Å²) in [5.41, 5.74) is 25.1. The normalized spacial score (nSPS) is 24.1. The van der Waals surface area contributed by atoms with E-state index in [4.69, 9.17) is 102 Å². The molecule has 0 aliphatic heterocycles. The van der Waals surface area contributed by atoms with Crippen molar-refractivity contribution in [1.82, 2.24) is 60.4 Å². The van der Waals surface area contributed by atoms with Gasteiger partial charge in [0.2, 0.25) is 0 Å². The van der Waals surface area contributed by atoms with Gasteiger partial charge < -0.3 is 21.3 Å². The van der Waals surface area contributed by atoms with Crippen molar-refractivity contribution in [3.05, 3.63) is 223 Å². The Balaban J connectivity index is 0.000000119. The number of alkyl halides is 2. The lowest BCUT2D eigenvalue weighted by Gasteiger charge is -2.60. The van der Waals surface area contributed by atoms with Crippen molar-refractivity contribution in [2.75, 3.05) is 37.9 Å². The first kappa shape index (κ1) is 101. The highest BCUT2D eigenvalue weighted by Crippen LogP contribution is 2.65. The van der Waals surface area contributed by atoms with Crippen LogP contribution in [0.2, 0.25) is 25.1 Å². The third-order valence-electron chi connectivity index (χ3n) is 36.5. The number of nitrogens with zero attached hydrogens (tertiary/aromatic N) is 8. The number of hydrogen-bond acceptors (Lipinski definition) is 8. The standard InChI is InChI=1S/C31H36ClN3O.C29H30Cl3N3O.C28H37BrClN3O.C28H37Cl2N3O/c1-19-7-9-20(10-8-19)18-35-29-25(6-4-5-21-12-14-24(32)16-26(21)29)28(34-35)30(36)33-17-22-11-13-23-15-27(22)31(23,2)3;1-29(2)18-8-6-17(23(29)12-18)15-33-28(36)26-21-5-3-4-16-7-9-19(30)13-22(16)27(21)35(34-26)25-11-10-20(31)14-24(25)32;1-28(2)20-10-9-19(24(28)16-20)17-31-27(34)25-23-8-6-7-18-15-21(29)11-12-22(18)26(23)33(32-25)14-5-3-4-13-30;1-28(2)20-10-9-19(24(28)16-20)17-31-27(34)25-23-8-6-7-18-15-21(30)11-12-22(18)26(23)33(32-25)14-5-3-4-13-29/h7-10,12,14,16,22-23,27H,4-6,11,13,15,17-18H2,1-3H3,(H,33,36);7,9-11,13-14,17-18,23H,3-6,8,12,15H2,1-2H3,(H,33,36);2*11-12,15,19-20,24H,3-10,13-14,16-17H2,1-2H3,(H,31,34). The van der Waals surface area contributed by atoms with Crippen LogP contribution in [0.15, 0.2) is 120 Å². The van der Waals surface area contributed by atoms with Crippen LogP contribution in [0.4, 0.5) is 0 Å². The molecule has 12 unspecified atom stereocenters. The fraction of sp³-hybridized carbons (Fsp3) is 0.552. The molecular formula is C116H140BrCl7N12O4. The number of hydrogen-bond donors (Lipinski definition) is 4. The fourth-order valence-corrected chi connectivity index (χ4v) is 29.7. The largest absolute Gasteiger partial charge is 0.350 e. The van der Waals surface area contributed by atoms with Crippen LogP contribution in [-0.4, -0.2) is 101 Å². The number of aryl methyl sites for hydroxylation is 7. The number of nitrogens with one attached hydrogen (secondary N) is 4. The SMILES string of the molecule is CC1(C)C2CCC(CNC(=O)c3nn(-c4ccc(Cl)cc4Cl)c4c3CCCc3ccc(Cl)cc3-4)C1C2.CC1(C)C2CCC(CNC(=O)c3nn(CCCCCCl)c4c3CCCc3cc(Br)ccc3-4)C1C2.CC1(C)C2CCC(CNC(=O)c3nn(CCCCCCl)c4c3CCCc3cc(Cl)ccc3-4)C1C2.Cc1ccc(Cn2nc(C(=O)NCC3CCC4CC3C4(C)C)c3c2-c2cc(Cl)ccc2CCC3)cc1. The molecule has 12 fully saturated rings. The molecule has 4 heterocycles. The molecule has 16 aliphatic carbocycles. The first-order chi connectivity index (χ1) is 67.3. The number of fused-ring (bicyclic) bond motifs is 20. The highest BCUT2D eigenvalue weighted by atomic mass is 79.9. The van der Waals surface area contributed by atoms with Gasteiger partial charge in [-0.05, 0) is 374 Å². The van der Waals surface area contributed by atoms with Crippen molar-refractivity contribution < 1.29 is 19.2 Å². The number of aromatic nitrogens is 8. The molecule has 744 valence electrons. The molecule has 24 heteroatoms. The molecule has 0 saturated heterocycles. The van der Waals surface area contributed by atoms with Crippen LogP contribution in [0.3, 0.4) is 0 Å². The van der Waals surface area contributed by atoms with E-state index in [2.05, 4.69) is 176 Å². The van der Waals surface area contributed by atoms with Crippen molar-refractivity contribution in [3.63, 3.8) is 0 Å². The predicted octanol–water partition coefficient (Wildman–Crippen LogP) is 28.6. The van der Waals surface area contributed by atoms with Gasteiger partial charge in [-0.15, -0.1) is 23.2 Å². The molecule has 0 spiro atoms. The number of unbranched alkanes of at least 4 members (excludes halogenated alkanes) is 4. The van der Waals surface area contributed by atoms with Gasteiger partial charge in [-0.1, -0.05) is 196 Å². The van der Waals surface area contributed by atoms with Gasteiger partial charge in [0, 0.05) is 120 Å². The van der Waals surface area contributed by atoms with Gasteiger partial charge in [0.15, 0.2) is 22.8 Å². The van der Waals surface area contributed by atoms with Crippen molar-refractivity contribution in [2.24, 2.45) is 92.7 Å². The Bertz CT molecular complexity index is 6100. The Morgan fingerprint density at radius 2 is 0.714 bits per heavy atom. The minimum atomic E-state index is -0.111. The third kappa shape index (κ3) is 20.4. The monoisotopic (exact) mass is 2090 g/mol. The van der Waals surface area contributed by atoms with Crippen LogP contribution >= 0.6 is 97.1 Å². The zero-order chi connectivity index (χ0) is 98.0. The molecule has 12 saturated carbocycles. The summed E-state index contributed by atoms with van der Waals surface area (Å²) in [6.07, 6.45) is 32.8. The molecule has 6 aromatic carbocycles. The van der Waals surface area contributed by atoms with Gasteiger partial charge in [-0.25, -0.2) is 4.68 Å². The zero-order valence-electron chi connectivity index (χ0n) is 83.2. The molecule has 4 N–H and O–H groups in total. The lowest BCUT2D eigenvalue weighted by molar-refractivity contribution is -0.103. The number of benzene rings is 6. The second kappa shape index (κ2) is 42.5. The highest BCUT2D eigenvalue weighted by molar-refractivity contribution is 9.10. The first-order valence-corrected chi connectivity index (χ1v) is 56.4. The average molecular weight is 2090 g/mol. The van der Waals surface area contributed by atoms with Crippen LogP contribution in [0.25, 0.3) is 50.7 Å². The summed E-state index contributed by atoms with van der Waals surface area (Å²) in [7, 11) is 0. The van der Waals surface area contributed by atoms with Gasteiger partial charge in [0.25, 0.3) is 23.6 Å². The van der Waals surface area contributed by atoms with Gasteiger partial charge in [0.1, 0.15) is 0 Å². The second-order valence-electron chi connectivity index (χ2n) is 45.6. The Kier molecular flexibility index (Phi) is 30.8. The van der Waals surface area contributed by atoms with E-state index in [-0.39, 0.29) is 23.6 Å². The summed E-state index contributed by atoms with van der Waals surface area (Å²) in [4.78, 5) is 54.3. The topological polar surface area (TPSA) is 188 Å². The zero-order valence-corrected chi connectivity index (χ0v) is 90.1. The van der Waals surface area contributed by atoms with E-state index in [1.807, 2.05) is 45.8 Å². The van der Waals surface area contributed by atoms with Crippen LogP contribution in [0, 0.1) is 99.6 Å². The summed E-state index contributed by atoms with van der Waals surface area (Å²) in [5, 5.41) is 36.0. The summed E-state index contributed by atoms with van der Waals surface area (Å²) >= 11 is 47.5. The van der Waals surface area contributed by atoms with Gasteiger partial charge in [0.05, 0.1) is 40.0 Å². The molecule has 26 rings (SSSR count). The molecule has 16 aliphatic rings. The second-order valence-corrected chi connectivity index (χ2v) is 49.4. The minimum Gasteiger partial charge on any atom is -0.350 e. The van der Waals surface area contributed by atoms with E-state index < -0.39 is 0 Å². The molecule has 0 radical (unpaired) electrons. The Labute approximate surface area is 872 Å². The van der Waals surface area contributed by atoms with E-state index in [0.717, 1.165) is 260 Å². The Hall–Kier alpha value is -7.45. The molecule has 12 atom stereocenters. The molecule has 10 aromatic rings. The van der Waals surface area contributed by atoms with Crippen molar-refractivity contribution in [3.8, 4) is 50.7 Å². The van der Waals surface area contributed by atoms with Crippen LogP contribution in [0.5, 0.6) is 0 Å². The van der Waals surface area contributed by atoms with E-state index in [1.165, 1.54) is 122 Å². The third-order valence-corrected chi connectivity index (χ3v) is 38.8. The van der Waals surface area contributed by atoms with Crippen LogP contribution in [-0.2, 0) is 71.0 Å². The smallest absolute Gasteiger partial charge is 0.272 e. The number of rotatable bonds is 25. The maximum Gasteiger partial charge on any atom is 0.272 e. The maximum atomic E-state index is 13.6. The molecule has 4 aromatic heterocycles. The Morgan fingerprint density at radius 3 is 1.12 bits per heavy atom. The molecule has 140 heavy (non-hydrogen) atoms. The first-order valence-electron chi connectivity index (χ1n) is 52.7. The summed E-state index contributed by atoms with van der Waals surface area (Å²) in [5.74, 6) is 9.89. The van der Waals surface area contributed by atoms with Crippen molar-refractivity contribution in [1.29, 1.82) is 0 Å². The van der Waals surface area contributed by atoms with Gasteiger partial charge >= 0.3 is 0 Å². The van der Waals surface area contributed by atoms with Crippen molar-refractivity contribution in [2.45, 2.75) is 275 Å². The molecule has 4 amide bonds. The highest BCUT2D eigenvalue weighted by Gasteiger charge is 2.58. The predicted molar refractivity (Wildman–Crippen MR) is 574 cm³/mol. The lowest BCUT2D eigenvalue weighted by atomic mass is 9.45. The van der Waals surface area contributed by atoms with Gasteiger partial charge in [-0.3, -0.25) is 33.2 Å². The van der Waals surface area contributed by atoms with Crippen LogP contribution in [0.1, 0.15) is 294 Å². The summed E-state index contributed by atoms with van der Waals surface area (Å²) in [6, 6.07) is 38.7. The van der Waals surface area contributed by atoms with E-state index in [1.54, 1.807) is 12.1 Å². The van der Waals surface area contributed by atoms with E-state index in [0.29, 0.717) is 120 Å². The summed E-state index contributed by atoms with van der Waals surface area (Å²) in [6.45, 7) is 26.6. The number of amides is 4. The van der Waals surface area contributed by atoms with Crippen LogP contribution < -0.4 is 21.3 Å². The quantitative estimate of drug-likeness (QED) is 0.0321. The minimum absolute atomic E-state index is 0.00701.